The van der Waals surface area contributed by atoms with Crippen LogP contribution in [0.5, 0.6) is 0 Å². The van der Waals surface area contributed by atoms with Gasteiger partial charge < -0.3 is 63.6 Å². The number of esters is 1. The van der Waals surface area contributed by atoms with Crippen LogP contribution in [0.25, 0.3) is 0 Å². The second kappa shape index (κ2) is 18.6. The molecular weight excluding hydrogens is 642 g/mol. The van der Waals surface area contributed by atoms with Crippen molar-refractivity contribution in [3.63, 3.8) is 0 Å². The first-order valence-corrected chi connectivity index (χ1v) is 17.2. The standard InChI is InChI=1S/C35H59NO13/c1-19-16-23(14-15-37)31(32(44-8)25(39)17-26(40)45-20(2)12-10-9-11-13-24(19)38)49-34-29(41)28(36(6)7)30(21(3)47-34)48-27-18-35(5,43)33(42)22(4)46-27/h9-11,13,15,19-25,27-34,38-39,41-43H,12,14,16-18H2,1-8H3/b10-9+,13-11+/t19-,20-,21-,22+,23+,24+,25-,27+,28-,29-,30-,31+,32+,33+,34+,35-/m1/s1. The van der Waals surface area contributed by atoms with E-state index in [-0.39, 0.29) is 25.2 Å². The number of aliphatic hydroxyl groups is 5. The van der Waals surface area contributed by atoms with E-state index < -0.39 is 104 Å². The Morgan fingerprint density at radius 1 is 1.00 bits per heavy atom. The first-order valence-electron chi connectivity index (χ1n) is 17.2. The number of likely N-dealkylation sites (N-methyl/N-ethyl adjacent to an activating group) is 1. The Balaban J connectivity index is 1.94. The number of methoxy groups -OCH3 is 1. The fourth-order valence-electron chi connectivity index (χ4n) is 7.04. The van der Waals surface area contributed by atoms with Crippen molar-refractivity contribution in [3.05, 3.63) is 24.3 Å². The van der Waals surface area contributed by atoms with Crippen molar-refractivity contribution in [2.24, 2.45) is 11.8 Å². The normalized spacial score (nSPS) is 46.2. The molecule has 0 aromatic rings. The summed E-state index contributed by atoms with van der Waals surface area (Å²) in [6.07, 6.45) is -4.00. The van der Waals surface area contributed by atoms with Gasteiger partial charge in [0.25, 0.3) is 0 Å². The molecule has 0 bridgehead atoms. The number of carbonyl (C=O) groups excluding carboxylic acids is 2. The zero-order valence-electron chi connectivity index (χ0n) is 30.0. The Bertz CT molecular complexity index is 1100. The summed E-state index contributed by atoms with van der Waals surface area (Å²) in [4.78, 5) is 26.6. The van der Waals surface area contributed by atoms with Crippen molar-refractivity contribution in [2.45, 2.75) is 152 Å². The second-order valence-electron chi connectivity index (χ2n) is 14.3. The van der Waals surface area contributed by atoms with Crippen molar-refractivity contribution in [1.82, 2.24) is 4.90 Å². The lowest BCUT2D eigenvalue weighted by molar-refractivity contribution is -0.344. The highest BCUT2D eigenvalue weighted by molar-refractivity contribution is 5.70. The quantitative estimate of drug-likeness (QED) is 0.177. The molecular formula is C35H59NO13. The van der Waals surface area contributed by atoms with E-state index in [0.717, 1.165) is 6.29 Å². The van der Waals surface area contributed by atoms with E-state index in [1.165, 1.54) is 14.0 Å². The first-order chi connectivity index (χ1) is 23.0. The molecule has 2 saturated heterocycles. The van der Waals surface area contributed by atoms with Gasteiger partial charge in [-0.2, -0.15) is 0 Å². The van der Waals surface area contributed by atoms with Gasteiger partial charge in [-0.15, -0.1) is 0 Å². The molecule has 3 aliphatic heterocycles. The van der Waals surface area contributed by atoms with Gasteiger partial charge in [-0.25, -0.2) is 0 Å². The summed E-state index contributed by atoms with van der Waals surface area (Å²) in [5.41, 5.74) is -1.46. The van der Waals surface area contributed by atoms with Crippen LogP contribution in [0.2, 0.25) is 0 Å². The molecule has 16 atom stereocenters. The number of hydrogen-bond acceptors (Lipinski definition) is 14. The van der Waals surface area contributed by atoms with E-state index in [9.17, 15) is 35.1 Å². The molecule has 0 radical (unpaired) electrons. The highest BCUT2D eigenvalue weighted by Gasteiger charge is 2.51. The maximum atomic E-state index is 12.8. The van der Waals surface area contributed by atoms with Gasteiger partial charge in [-0.1, -0.05) is 31.2 Å². The molecule has 14 nitrogen and oxygen atoms in total. The molecule has 3 rings (SSSR count). The SMILES string of the molecule is CO[C@@H]1[C@@H](O[C@@H]2O[C@H](C)[C@@H](O[C@H]3C[C@@](C)(O)[C@@H](O)[C@H](C)O3)[C@H](N(C)C)[C@H]2O)[C@@H](CC=O)C[C@@H](C)[C@@H](O)/C=C/C=C/C[C@@H](C)OC(=O)C[C@H]1O. The average molecular weight is 702 g/mol. The van der Waals surface area contributed by atoms with E-state index in [4.69, 9.17) is 28.4 Å². The lowest BCUT2D eigenvalue weighted by Gasteiger charge is -2.50. The predicted octanol–water partition coefficient (Wildman–Crippen LogP) is 0.846. The van der Waals surface area contributed by atoms with Gasteiger partial charge >= 0.3 is 5.97 Å². The number of ether oxygens (including phenoxy) is 6. The van der Waals surface area contributed by atoms with Gasteiger partial charge in [-0.3, -0.25) is 4.79 Å². The molecule has 0 aliphatic carbocycles. The third kappa shape index (κ3) is 11.1. The summed E-state index contributed by atoms with van der Waals surface area (Å²) in [6.45, 7) is 8.44. The zero-order valence-corrected chi connectivity index (χ0v) is 30.0. The molecule has 0 aromatic heterocycles. The largest absolute Gasteiger partial charge is 0.462 e. The molecule has 282 valence electrons. The van der Waals surface area contributed by atoms with Crippen molar-refractivity contribution in [1.29, 1.82) is 0 Å². The fraction of sp³-hybridized carbons (Fsp3) is 0.829. The first kappa shape index (κ1) is 41.6. The summed E-state index contributed by atoms with van der Waals surface area (Å²) in [5, 5.41) is 55.2. The maximum absolute atomic E-state index is 12.8. The summed E-state index contributed by atoms with van der Waals surface area (Å²) in [7, 11) is 4.86. The van der Waals surface area contributed by atoms with Crippen LogP contribution in [0.3, 0.4) is 0 Å². The van der Waals surface area contributed by atoms with Gasteiger partial charge in [0.15, 0.2) is 12.6 Å². The third-order valence-corrected chi connectivity index (χ3v) is 9.83. The highest BCUT2D eigenvalue weighted by atomic mass is 16.7. The fourth-order valence-corrected chi connectivity index (χ4v) is 7.04. The molecule has 0 unspecified atom stereocenters. The molecule has 0 spiro atoms. The van der Waals surface area contributed by atoms with E-state index in [0.29, 0.717) is 6.42 Å². The number of aldehydes is 1. The smallest absolute Gasteiger partial charge is 0.308 e. The lowest BCUT2D eigenvalue weighted by Crippen LogP contribution is -2.65. The lowest BCUT2D eigenvalue weighted by atomic mass is 9.82. The molecule has 0 saturated carbocycles. The Kier molecular flexibility index (Phi) is 15.8. The monoisotopic (exact) mass is 701 g/mol. The number of nitrogens with zero attached hydrogens (tertiary/aromatic N) is 1. The number of aliphatic hydroxyl groups excluding tert-OH is 4. The van der Waals surface area contributed by atoms with Gasteiger partial charge in [0.2, 0.25) is 0 Å². The molecule has 0 amide bonds. The summed E-state index contributed by atoms with van der Waals surface area (Å²) in [5.74, 6) is -1.64. The Morgan fingerprint density at radius 3 is 2.31 bits per heavy atom. The second-order valence-corrected chi connectivity index (χ2v) is 14.3. The summed E-state index contributed by atoms with van der Waals surface area (Å²) >= 11 is 0. The summed E-state index contributed by atoms with van der Waals surface area (Å²) < 4.78 is 36.1. The minimum absolute atomic E-state index is 0.0164. The Labute approximate surface area is 289 Å². The highest BCUT2D eigenvalue weighted by Crippen LogP contribution is 2.36. The van der Waals surface area contributed by atoms with Gasteiger partial charge in [-0.05, 0) is 60.0 Å². The van der Waals surface area contributed by atoms with E-state index in [2.05, 4.69) is 0 Å². The molecule has 49 heavy (non-hydrogen) atoms. The summed E-state index contributed by atoms with van der Waals surface area (Å²) in [6, 6.07) is -0.721. The number of carbonyl (C=O) groups is 2. The van der Waals surface area contributed by atoms with Crippen molar-refractivity contribution in [3.8, 4) is 0 Å². The van der Waals surface area contributed by atoms with E-state index in [1.807, 2.05) is 13.0 Å². The van der Waals surface area contributed by atoms with Crippen molar-refractivity contribution < 1.29 is 63.5 Å². The van der Waals surface area contributed by atoms with Crippen LogP contribution < -0.4 is 0 Å². The van der Waals surface area contributed by atoms with Crippen LogP contribution in [0.15, 0.2) is 24.3 Å². The third-order valence-electron chi connectivity index (χ3n) is 9.83. The number of cyclic esters (lactones) is 1. The zero-order chi connectivity index (χ0) is 36.6. The molecule has 2 fully saturated rings. The topological polar surface area (TPSA) is 194 Å². The Hall–Kier alpha value is -1.82. The number of rotatable bonds is 8. The van der Waals surface area contributed by atoms with Crippen LogP contribution in [-0.2, 0) is 38.0 Å². The van der Waals surface area contributed by atoms with E-state index in [1.54, 1.807) is 58.0 Å². The van der Waals surface area contributed by atoms with Gasteiger partial charge in [0.05, 0.1) is 48.6 Å². The predicted molar refractivity (Wildman–Crippen MR) is 177 cm³/mol. The van der Waals surface area contributed by atoms with Crippen LogP contribution >= 0.6 is 0 Å². The minimum atomic E-state index is -1.46. The van der Waals surface area contributed by atoms with Crippen LogP contribution in [-0.4, -0.2) is 149 Å². The van der Waals surface area contributed by atoms with Crippen LogP contribution in [0, 0.1) is 11.8 Å². The number of hydrogen-bond donors (Lipinski definition) is 5. The maximum Gasteiger partial charge on any atom is 0.308 e. The van der Waals surface area contributed by atoms with Gasteiger partial charge in [0, 0.05) is 26.4 Å². The van der Waals surface area contributed by atoms with E-state index >= 15 is 0 Å². The molecule has 0 aromatic carbocycles. The van der Waals surface area contributed by atoms with Crippen LogP contribution in [0.1, 0.15) is 66.7 Å². The molecule has 5 N–H and O–H groups in total. The number of allylic oxidation sites excluding steroid dienone is 2. The van der Waals surface area contributed by atoms with Crippen molar-refractivity contribution >= 4 is 12.3 Å². The molecule has 3 heterocycles. The van der Waals surface area contributed by atoms with Crippen LogP contribution in [0.4, 0.5) is 0 Å². The molecule has 14 heteroatoms. The average Bonchev–Trinajstić information content (AvgIpc) is 3.00. The minimum Gasteiger partial charge on any atom is -0.462 e. The van der Waals surface area contributed by atoms with Gasteiger partial charge in [0.1, 0.15) is 36.8 Å². The molecule has 3 aliphatic rings. The van der Waals surface area contributed by atoms with Crippen molar-refractivity contribution in [2.75, 3.05) is 21.2 Å². The Morgan fingerprint density at radius 2 is 1.69 bits per heavy atom.